The molecule has 0 spiro atoms. The van der Waals surface area contributed by atoms with E-state index >= 15 is 0 Å². The van der Waals surface area contributed by atoms with Crippen molar-refractivity contribution in [3.05, 3.63) is 166 Å². The van der Waals surface area contributed by atoms with E-state index in [2.05, 4.69) is 155 Å². The smallest absolute Gasteiger partial charge is 0.0726 e. The molecule has 0 bridgehead atoms. The second kappa shape index (κ2) is 9.89. The fourth-order valence-electron chi connectivity index (χ4n) is 7.52. The van der Waals surface area contributed by atoms with Crippen LogP contribution in [0.25, 0.3) is 0 Å². The summed E-state index contributed by atoms with van der Waals surface area (Å²) >= 11 is 0. The van der Waals surface area contributed by atoms with Crippen LogP contribution in [0.5, 0.6) is 0 Å². The summed E-state index contributed by atoms with van der Waals surface area (Å²) in [6, 6.07) is 34.0. The van der Waals surface area contributed by atoms with Crippen LogP contribution in [0.3, 0.4) is 0 Å². The molecular weight excluding hydrogens is 472 g/mol. The van der Waals surface area contributed by atoms with E-state index < -0.39 is 8.07 Å². The molecule has 0 nitrogen and oxygen atoms in total. The first-order chi connectivity index (χ1) is 18.5. The van der Waals surface area contributed by atoms with Crippen LogP contribution in [0.2, 0.25) is 11.1 Å². The summed E-state index contributed by atoms with van der Waals surface area (Å²) in [5.74, 6) is 0.262. The van der Waals surface area contributed by atoms with Gasteiger partial charge in [0.2, 0.25) is 0 Å². The van der Waals surface area contributed by atoms with Crippen LogP contribution in [0.1, 0.15) is 39.2 Å². The average molecular weight is 509 g/mol. The molecule has 3 aliphatic rings. The highest BCUT2D eigenvalue weighted by Crippen LogP contribution is 2.56. The summed E-state index contributed by atoms with van der Waals surface area (Å²) in [5, 5.41) is 3.04. The van der Waals surface area contributed by atoms with Gasteiger partial charge < -0.3 is 0 Å². The van der Waals surface area contributed by atoms with Gasteiger partial charge >= 0.3 is 0 Å². The Bertz CT molecular complexity index is 1490. The van der Waals surface area contributed by atoms with Gasteiger partial charge in [-0.1, -0.05) is 160 Å². The van der Waals surface area contributed by atoms with Crippen molar-refractivity contribution in [2.75, 3.05) is 0 Å². The molecule has 0 N–H and O–H groups in total. The van der Waals surface area contributed by atoms with E-state index in [-0.39, 0.29) is 5.92 Å². The highest BCUT2D eigenvalue weighted by Gasteiger charge is 2.55. The first-order valence-electron chi connectivity index (χ1n) is 13.8. The molecule has 38 heavy (non-hydrogen) atoms. The molecule has 0 aromatic heterocycles. The lowest BCUT2D eigenvalue weighted by Crippen LogP contribution is -2.65. The van der Waals surface area contributed by atoms with Crippen LogP contribution < -0.4 is 10.4 Å². The number of allylic oxidation sites excluding steroid dienone is 12. The highest BCUT2D eigenvalue weighted by atomic mass is 28.3. The van der Waals surface area contributed by atoms with Crippen LogP contribution in [0.4, 0.5) is 0 Å². The first kappa shape index (κ1) is 24.6. The van der Waals surface area contributed by atoms with E-state index in [0.29, 0.717) is 11.1 Å². The quantitative estimate of drug-likeness (QED) is 0.303. The Kier molecular flexibility index (Phi) is 6.41. The molecule has 0 heterocycles. The third kappa shape index (κ3) is 3.80. The van der Waals surface area contributed by atoms with Crippen molar-refractivity contribution in [3.8, 4) is 0 Å². The Labute approximate surface area is 229 Å². The summed E-state index contributed by atoms with van der Waals surface area (Å²) in [6.07, 6.45) is 14.3. The van der Waals surface area contributed by atoms with Crippen LogP contribution in [0, 0.1) is 0 Å². The molecule has 3 atom stereocenters. The second-order valence-electron chi connectivity index (χ2n) is 11.2. The predicted octanol–water partition coefficient (Wildman–Crippen LogP) is 8.45. The van der Waals surface area contributed by atoms with Gasteiger partial charge in [0.25, 0.3) is 0 Å². The maximum absolute atomic E-state index is 2.53. The van der Waals surface area contributed by atoms with Crippen LogP contribution in [0.15, 0.2) is 161 Å². The Morgan fingerprint density at radius 3 is 1.66 bits per heavy atom. The maximum Gasteiger partial charge on any atom is 0.140 e. The number of hydrogen-bond donors (Lipinski definition) is 0. The topological polar surface area (TPSA) is 0 Å². The predicted molar refractivity (Wildman–Crippen MR) is 166 cm³/mol. The van der Waals surface area contributed by atoms with Crippen molar-refractivity contribution >= 4 is 18.4 Å². The van der Waals surface area contributed by atoms with Gasteiger partial charge in [0.1, 0.15) is 8.07 Å². The second-order valence-corrected chi connectivity index (χ2v) is 15.2. The minimum absolute atomic E-state index is 0.262. The van der Waals surface area contributed by atoms with Gasteiger partial charge in [-0.3, -0.25) is 0 Å². The third-order valence-electron chi connectivity index (χ3n) is 9.04. The molecule has 3 aromatic carbocycles. The van der Waals surface area contributed by atoms with Crippen molar-refractivity contribution in [2.24, 2.45) is 0 Å². The van der Waals surface area contributed by atoms with Crippen molar-refractivity contribution in [1.82, 2.24) is 0 Å². The van der Waals surface area contributed by atoms with E-state index in [1.54, 1.807) is 5.57 Å². The number of benzene rings is 3. The largest absolute Gasteiger partial charge is 0.140 e. The molecule has 0 radical (unpaired) electrons. The Morgan fingerprint density at radius 2 is 1.11 bits per heavy atom. The molecule has 0 fully saturated rings. The molecule has 0 saturated carbocycles. The van der Waals surface area contributed by atoms with Crippen molar-refractivity contribution in [1.29, 1.82) is 0 Å². The molecular formula is C37H36Si. The molecule has 3 aromatic rings. The van der Waals surface area contributed by atoms with Crippen LogP contribution in [-0.4, -0.2) is 8.07 Å². The van der Waals surface area contributed by atoms with Gasteiger partial charge in [-0.2, -0.15) is 0 Å². The molecule has 3 aliphatic carbocycles. The maximum atomic E-state index is 2.53. The molecule has 0 aliphatic heterocycles. The average Bonchev–Trinajstić information content (AvgIpc) is 3.31. The fraction of sp³-hybridized carbons (Fsp3) is 0.189. The van der Waals surface area contributed by atoms with Crippen molar-refractivity contribution < 1.29 is 0 Å². The van der Waals surface area contributed by atoms with Crippen LogP contribution >= 0.6 is 0 Å². The van der Waals surface area contributed by atoms with Gasteiger partial charge in [0, 0.05) is 17.0 Å². The van der Waals surface area contributed by atoms with Gasteiger partial charge in [0.15, 0.2) is 0 Å². The molecule has 6 rings (SSSR count). The van der Waals surface area contributed by atoms with E-state index in [0.717, 1.165) is 0 Å². The zero-order valence-electron chi connectivity index (χ0n) is 22.9. The molecule has 0 saturated heterocycles. The summed E-state index contributed by atoms with van der Waals surface area (Å²) in [7, 11) is -2.51. The van der Waals surface area contributed by atoms with Gasteiger partial charge in [-0.15, -0.1) is 0 Å². The molecule has 1 heteroatoms. The minimum Gasteiger partial charge on any atom is -0.0726 e. The fourth-order valence-corrected chi connectivity index (χ4v) is 14.3. The Hall–Kier alpha value is -3.68. The standard InChI is InChI=1S/C37H36Si/c1-26-24-27(2)36(29(26)4)38(31-18-10-6-11-19-31,32-20-12-7-13-21-32)37-28(3)25-35-33(22-14-15-23-34(35)37)30-16-8-5-9-17-30/h5-25,33,36-37H,1-4H3. The molecule has 188 valence electrons. The third-order valence-corrected chi connectivity index (χ3v) is 15.1. The lowest BCUT2D eigenvalue weighted by atomic mass is 9.90. The summed E-state index contributed by atoms with van der Waals surface area (Å²) < 4.78 is 0. The highest BCUT2D eigenvalue weighted by molar-refractivity contribution is 7.06. The molecule has 3 unspecified atom stereocenters. The Morgan fingerprint density at radius 1 is 0.553 bits per heavy atom. The summed E-state index contributed by atoms with van der Waals surface area (Å²) in [6.45, 7) is 9.46. The van der Waals surface area contributed by atoms with E-state index in [4.69, 9.17) is 0 Å². The minimum atomic E-state index is -2.51. The SMILES string of the molecule is CC1=CC(C)=C(C)C1[Si](c1ccccc1)(c1ccccc1)C1C(C)=CC2=C1C=CC=CC2c1ccccc1. The van der Waals surface area contributed by atoms with E-state index in [9.17, 15) is 0 Å². The lowest BCUT2D eigenvalue weighted by Gasteiger charge is -2.46. The normalized spacial score (nSPS) is 22.9. The number of hydrogen-bond acceptors (Lipinski definition) is 0. The Balaban J connectivity index is 1.68. The van der Waals surface area contributed by atoms with Gasteiger partial charge in [0.05, 0.1) is 0 Å². The number of rotatable bonds is 5. The van der Waals surface area contributed by atoms with Gasteiger partial charge in [-0.25, -0.2) is 0 Å². The lowest BCUT2D eigenvalue weighted by molar-refractivity contribution is 0.994. The summed E-state index contributed by atoms with van der Waals surface area (Å²) in [4.78, 5) is 0. The van der Waals surface area contributed by atoms with Crippen LogP contribution in [-0.2, 0) is 0 Å². The zero-order valence-corrected chi connectivity index (χ0v) is 23.9. The van der Waals surface area contributed by atoms with E-state index in [1.807, 2.05) is 0 Å². The van der Waals surface area contributed by atoms with E-state index in [1.165, 1.54) is 43.8 Å². The zero-order chi connectivity index (χ0) is 26.3. The van der Waals surface area contributed by atoms with Crippen molar-refractivity contribution in [3.63, 3.8) is 0 Å². The monoisotopic (exact) mass is 508 g/mol. The summed E-state index contributed by atoms with van der Waals surface area (Å²) in [5.41, 5.74) is 11.1. The van der Waals surface area contributed by atoms with Gasteiger partial charge in [-0.05, 0) is 44.4 Å². The molecule has 0 amide bonds. The first-order valence-corrected chi connectivity index (χ1v) is 16.0. The van der Waals surface area contributed by atoms with Crippen molar-refractivity contribution in [2.45, 2.75) is 44.7 Å².